The number of hydrogen-bond acceptors (Lipinski definition) is 8. The van der Waals surface area contributed by atoms with Crippen LogP contribution in [0.5, 0.6) is 11.5 Å². The molecule has 1 unspecified atom stereocenters. The average Bonchev–Trinajstić information content (AvgIpc) is 2.74. The SMILES string of the molecule is CC(CCS(=O)(=O)c1ccc(Oc2ccccc2)cc1)N(OC(=O)OC(C)(C)C)C(=O)OC(C)(C)C. The van der Waals surface area contributed by atoms with E-state index in [0.717, 1.165) is 0 Å². The van der Waals surface area contributed by atoms with Crippen LogP contribution in [0.25, 0.3) is 0 Å². The van der Waals surface area contributed by atoms with E-state index in [1.807, 2.05) is 18.2 Å². The van der Waals surface area contributed by atoms with Crippen molar-refractivity contribution >= 4 is 22.1 Å². The van der Waals surface area contributed by atoms with E-state index in [0.29, 0.717) is 16.6 Å². The molecule has 0 heterocycles. The molecule has 10 heteroatoms. The Kier molecular flexibility index (Phi) is 9.37. The molecule has 1 atom stereocenters. The first-order valence-electron chi connectivity index (χ1n) is 11.5. The lowest BCUT2D eigenvalue weighted by molar-refractivity contribution is -0.152. The maximum absolute atomic E-state index is 12.9. The Morgan fingerprint density at radius 2 is 1.36 bits per heavy atom. The molecule has 198 valence electrons. The second-order valence-corrected chi connectivity index (χ2v) is 12.3. The van der Waals surface area contributed by atoms with Crippen LogP contribution in [0.3, 0.4) is 0 Å². The summed E-state index contributed by atoms with van der Waals surface area (Å²) in [5.41, 5.74) is -1.71. The predicted molar refractivity (Wildman–Crippen MR) is 134 cm³/mol. The van der Waals surface area contributed by atoms with Gasteiger partial charge in [0.1, 0.15) is 22.7 Å². The van der Waals surface area contributed by atoms with Gasteiger partial charge < -0.3 is 14.2 Å². The topological polar surface area (TPSA) is 108 Å². The minimum atomic E-state index is -3.70. The fourth-order valence-electron chi connectivity index (χ4n) is 2.86. The number of para-hydroxylation sites is 1. The summed E-state index contributed by atoms with van der Waals surface area (Å²) in [6.07, 6.45) is -2.05. The highest BCUT2D eigenvalue weighted by atomic mass is 32.2. The van der Waals surface area contributed by atoms with Crippen molar-refractivity contribution in [2.24, 2.45) is 0 Å². The minimum Gasteiger partial charge on any atom is -0.457 e. The van der Waals surface area contributed by atoms with Crippen molar-refractivity contribution in [2.75, 3.05) is 5.75 Å². The third-order valence-electron chi connectivity index (χ3n) is 4.50. The molecule has 1 amide bonds. The van der Waals surface area contributed by atoms with E-state index in [9.17, 15) is 18.0 Å². The summed E-state index contributed by atoms with van der Waals surface area (Å²) in [7, 11) is -3.70. The van der Waals surface area contributed by atoms with Crippen LogP contribution in [0.2, 0.25) is 0 Å². The second-order valence-electron chi connectivity index (χ2n) is 10.2. The van der Waals surface area contributed by atoms with E-state index in [1.54, 1.807) is 72.7 Å². The number of nitrogens with zero attached hydrogens (tertiary/aromatic N) is 1. The molecule has 36 heavy (non-hydrogen) atoms. The van der Waals surface area contributed by atoms with Crippen molar-refractivity contribution in [1.29, 1.82) is 0 Å². The zero-order valence-electron chi connectivity index (χ0n) is 21.8. The van der Waals surface area contributed by atoms with Crippen LogP contribution in [0, 0.1) is 0 Å². The number of sulfone groups is 1. The highest BCUT2D eigenvalue weighted by Crippen LogP contribution is 2.24. The lowest BCUT2D eigenvalue weighted by Gasteiger charge is -2.30. The van der Waals surface area contributed by atoms with Gasteiger partial charge in [0.15, 0.2) is 9.84 Å². The van der Waals surface area contributed by atoms with Crippen LogP contribution in [-0.4, -0.2) is 48.7 Å². The number of ether oxygens (including phenoxy) is 3. The molecule has 2 aromatic rings. The zero-order chi connectivity index (χ0) is 27.1. The number of hydrogen-bond donors (Lipinski definition) is 0. The minimum absolute atomic E-state index is 0.0212. The van der Waals surface area contributed by atoms with Crippen LogP contribution in [-0.2, 0) is 24.1 Å². The molecule has 0 aliphatic rings. The Bertz CT molecular complexity index is 1120. The molecule has 0 aromatic heterocycles. The lowest BCUT2D eigenvalue weighted by Crippen LogP contribution is -2.44. The summed E-state index contributed by atoms with van der Waals surface area (Å²) in [5, 5.41) is 0.714. The number of benzene rings is 2. The first-order chi connectivity index (χ1) is 16.6. The van der Waals surface area contributed by atoms with Gasteiger partial charge in [-0.05, 0) is 91.3 Å². The molecule has 9 nitrogen and oxygen atoms in total. The van der Waals surface area contributed by atoms with E-state index in [-0.39, 0.29) is 17.1 Å². The molecule has 2 aromatic carbocycles. The van der Waals surface area contributed by atoms with Crippen molar-refractivity contribution in [2.45, 2.75) is 77.0 Å². The summed E-state index contributed by atoms with van der Waals surface area (Å²) < 4.78 is 42.0. The fourth-order valence-corrected chi connectivity index (χ4v) is 4.30. The van der Waals surface area contributed by atoms with Crippen LogP contribution in [0.4, 0.5) is 9.59 Å². The van der Waals surface area contributed by atoms with Gasteiger partial charge in [0.2, 0.25) is 0 Å². The van der Waals surface area contributed by atoms with E-state index >= 15 is 0 Å². The van der Waals surface area contributed by atoms with Crippen molar-refractivity contribution in [1.82, 2.24) is 5.06 Å². The Labute approximate surface area is 213 Å². The normalized spacial score (nSPS) is 12.9. The third-order valence-corrected chi connectivity index (χ3v) is 6.27. The molecular weight excluding hydrogens is 486 g/mol. The summed E-state index contributed by atoms with van der Waals surface area (Å²) >= 11 is 0. The number of carbonyl (C=O) groups is 2. The second kappa shape index (κ2) is 11.6. The molecule has 0 N–H and O–H groups in total. The standard InChI is InChI=1S/C26H35NO8S/c1-19(27(23(28)33-25(2,3)4)35-24(29)34-26(5,6)7)17-18-36(30,31)22-15-13-21(14-16-22)32-20-11-9-8-10-12-20/h8-16,19H,17-18H2,1-7H3. The van der Waals surface area contributed by atoms with Gasteiger partial charge in [-0.1, -0.05) is 18.2 Å². The molecule has 0 bridgehead atoms. The van der Waals surface area contributed by atoms with Gasteiger partial charge in [0.25, 0.3) is 0 Å². The number of hydroxylamine groups is 2. The van der Waals surface area contributed by atoms with Gasteiger partial charge in [-0.3, -0.25) is 4.84 Å². The fraction of sp³-hybridized carbons (Fsp3) is 0.462. The van der Waals surface area contributed by atoms with E-state index < -0.39 is 39.3 Å². The molecule has 0 radical (unpaired) electrons. The van der Waals surface area contributed by atoms with Crippen molar-refractivity contribution < 1.29 is 37.1 Å². The van der Waals surface area contributed by atoms with E-state index in [1.165, 1.54) is 12.1 Å². The monoisotopic (exact) mass is 521 g/mol. The molecule has 0 saturated carbocycles. The maximum Gasteiger partial charge on any atom is 0.534 e. The van der Waals surface area contributed by atoms with Crippen molar-refractivity contribution in [3.8, 4) is 11.5 Å². The highest BCUT2D eigenvalue weighted by molar-refractivity contribution is 7.91. The van der Waals surface area contributed by atoms with Crippen LogP contribution < -0.4 is 4.74 Å². The first-order valence-corrected chi connectivity index (χ1v) is 13.2. The van der Waals surface area contributed by atoms with Gasteiger partial charge in [-0.25, -0.2) is 18.0 Å². The first kappa shape index (κ1) is 29.0. The Morgan fingerprint density at radius 1 is 0.833 bits per heavy atom. The summed E-state index contributed by atoms with van der Waals surface area (Å²) in [6.45, 7) is 11.5. The molecule has 0 spiro atoms. The highest BCUT2D eigenvalue weighted by Gasteiger charge is 2.32. The molecule has 0 saturated heterocycles. The van der Waals surface area contributed by atoms with E-state index in [2.05, 4.69) is 0 Å². The zero-order valence-corrected chi connectivity index (χ0v) is 22.6. The van der Waals surface area contributed by atoms with Crippen molar-refractivity contribution in [3.63, 3.8) is 0 Å². The van der Waals surface area contributed by atoms with Crippen LogP contribution in [0.1, 0.15) is 54.9 Å². The summed E-state index contributed by atoms with van der Waals surface area (Å²) in [5.74, 6) is 0.828. The molecule has 0 aliphatic carbocycles. The van der Waals surface area contributed by atoms with Crippen LogP contribution in [0.15, 0.2) is 59.5 Å². The quantitative estimate of drug-likeness (QED) is 0.316. The molecule has 2 rings (SSSR count). The Morgan fingerprint density at radius 3 is 1.89 bits per heavy atom. The Hall–Kier alpha value is -3.27. The maximum atomic E-state index is 12.9. The van der Waals surface area contributed by atoms with Gasteiger partial charge in [-0.2, -0.15) is 0 Å². The van der Waals surface area contributed by atoms with Gasteiger partial charge in [0.05, 0.1) is 16.7 Å². The number of carbonyl (C=O) groups excluding carboxylic acids is 2. The van der Waals surface area contributed by atoms with E-state index in [4.69, 9.17) is 19.0 Å². The Balaban J connectivity index is 2.09. The molecular formula is C26H35NO8S. The lowest BCUT2D eigenvalue weighted by atomic mass is 10.2. The molecule has 0 fully saturated rings. The van der Waals surface area contributed by atoms with Crippen LogP contribution >= 0.6 is 0 Å². The largest absolute Gasteiger partial charge is 0.534 e. The third kappa shape index (κ3) is 9.77. The summed E-state index contributed by atoms with van der Waals surface area (Å²) in [6, 6.07) is 14.4. The van der Waals surface area contributed by atoms with Gasteiger partial charge in [0, 0.05) is 0 Å². The predicted octanol–water partition coefficient (Wildman–Crippen LogP) is 6.14. The summed E-state index contributed by atoms with van der Waals surface area (Å²) in [4.78, 5) is 30.1. The average molecular weight is 522 g/mol. The number of amides is 1. The van der Waals surface area contributed by atoms with Gasteiger partial charge >= 0.3 is 12.2 Å². The molecule has 0 aliphatic heterocycles. The smallest absolute Gasteiger partial charge is 0.457 e. The number of rotatable bonds is 7. The van der Waals surface area contributed by atoms with Crippen molar-refractivity contribution in [3.05, 3.63) is 54.6 Å². The van der Waals surface area contributed by atoms with Gasteiger partial charge in [-0.15, -0.1) is 5.06 Å².